The van der Waals surface area contributed by atoms with Crippen LogP contribution in [0.1, 0.15) is 31.0 Å². The topological polar surface area (TPSA) is 38.0 Å². The van der Waals surface area contributed by atoms with Gasteiger partial charge >= 0.3 is 0 Å². The molecule has 0 bridgehead atoms. The minimum absolute atomic E-state index is 0.114. The van der Waals surface area contributed by atoms with E-state index in [0.29, 0.717) is 5.92 Å². The van der Waals surface area contributed by atoms with Gasteiger partial charge in [0.15, 0.2) is 0 Å². The van der Waals surface area contributed by atoms with Crippen LogP contribution in [0.2, 0.25) is 5.02 Å². The highest BCUT2D eigenvalue weighted by Gasteiger charge is 2.16. The highest BCUT2D eigenvalue weighted by atomic mass is 35.5. The molecule has 78 valence electrons. The normalized spacial score (nSPS) is 13.3. The third-order valence-corrected chi connectivity index (χ3v) is 2.66. The molecule has 1 aromatic carbocycles. The first kappa shape index (κ1) is 11.5. The molecule has 0 saturated carbocycles. The van der Waals surface area contributed by atoms with Gasteiger partial charge in [0.25, 0.3) is 0 Å². The van der Waals surface area contributed by atoms with Gasteiger partial charge in [0.2, 0.25) is 0 Å². The molecule has 0 aromatic heterocycles. The first-order chi connectivity index (χ1) is 6.56. The second kappa shape index (κ2) is 4.78. The maximum Gasteiger partial charge on any atom is 0.0497 e. The Balaban J connectivity index is 3.04. The molecule has 0 heterocycles. The summed E-state index contributed by atoms with van der Waals surface area (Å²) >= 11 is 6.15. The van der Waals surface area contributed by atoms with Gasteiger partial charge in [0.05, 0.1) is 0 Å². The molecule has 1 aromatic rings. The predicted octanol–water partition coefficient (Wildman–Crippen LogP) is 2.81. The van der Waals surface area contributed by atoms with E-state index in [-0.39, 0.29) is 6.04 Å². The zero-order chi connectivity index (χ0) is 10.7. The summed E-state index contributed by atoms with van der Waals surface area (Å²) in [6, 6.07) is 6.16. The Hall–Kier alpha value is -0.570. The zero-order valence-corrected chi connectivity index (χ0v) is 9.60. The van der Waals surface area contributed by atoms with Gasteiger partial charge < -0.3 is 0 Å². The fraction of sp³-hybridized carbons (Fsp3) is 0.455. The molecule has 0 fully saturated rings. The van der Waals surface area contributed by atoms with Crippen molar-refractivity contribution in [2.24, 2.45) is 11.8 Å². The van der Waals surface area contributed by atoms with Gasteiger partial charge in [-0.25, -0.2) is 0 Å². The van der Waals surface area contributed by atoms with Crippen LogP contribution >= 0.6 is 11.6 Å². The lowest BCUT2D eigenvalue weighted by molar-refractivity contribution is 0.421. The van der Waals surface area contributed by atoms with Crippen molar-refractivity contribution in [1.29, 1.82) is 0 Å². The summed E-state index contributed by atoms with van der Waals surface area (Å²) < 4.78 is 0. The summed E-state index contributed by atoms with van der Waals surface area (Å²) in [5.41, 5.74) is 5.02. The van der Waals surface area contributed by atoms with Crippen molar-refractivity contribution in [3.63, 3.8) is 0 Å². The smallest absolute Gasteiger partial charge is 0.0497 e. The fourth-order valence-corrected chi connectivity index (χ4v) is 1.88. The molecule has 0 spiro atoms. The quantitative estimate of drug-likeness (QED) is 0.598. The van der Waals surface area contributed by atoms with E-state index < -0.39 is 0 Å². The molecular formula is C11H17ClN2. The molecule has 0 aliphatic heterocycles. The standard InChI is InChI=1S/C11H17ClN2/c1-7(2)11(14-13)9-5-4-8(3)6-10(9)12/h4-7,11,14H,13H2,1-3H3. The van der Waals surface area contributed by atoms with E-state index in [9.17, 15) is 0 Å². The van der Waals surface area contributed by atoms with E-state index in [2.05, 4.69) is 19.3 Å². The van der Waals surface area contributed by atoms with E-state index in [1.54, 1.807) is 0 Å². The Morgan fingerprint density at radius 1 is 1.36 bits per heavy atom. The molecule has 14 heavy (non-hydrogen) atoms. The molecule has 0 radical (unpaired) electrons. The fourth-order valence-electron chi connectivity index (χ4n) is 1.53. The van der Waals surface area contributed by atoms with E-state index >= 15 is 0 Å². The molecule has 2 nitrogen and oxygen atoms in total. The van der Waals surface area contributed by atoms with Gasteiger partial charge in [-0.15, -0.1) is 0 Å². The summed E-state index contributed by atoms with van der Waals surface area (Å²) in [5, 5.41) is 0.779. The van der Waals surface area contributed by atoms with Crippen molar-refractivity contribution >= 4 is 11.6 Å². The Bertz CT molecular complexity index is 310. The monoisotopic (exact) mass is 212 g/mol. The predicted molar refractivity (Wildman–Crippen MR) is 61.1 cm³/mol. The van der Waals surface area contributed by atoms with Gasteiger partial charge in [-0.05, 0) is 30.0 Å². The minimum Gasteiger partial charge on any atom is -0.271 e. The number of rotatable bonds is 3. The summed E-state index contributed by atoms with van der Waals surface area (Å²) in [4.78, 5) is 0. The Morgan fingerprint density at radius 2 is 2.00 bits per heavy atom. The van der Waals surface area contributed by atoms with Crippen molar-refractivity contribution in [2.45, 2.75) is 26.8 Å². The second-order valence-corrected chi connectivity index (χ2v) is 4.32. The van der Waals surface area contributed by atoms with Crippen molar-refractivity contribution in [2.75, 3.05) is 0 Å². The molecule has 1 atom stereocenters. The number of hydrogen-bond donors (Lipinski definition) is 2. The summed E-state index contributed by atoms with van der Waals surface area (Å²) in [6.45, 7) is 6.25. The molecule has 0 aliphatic carbocycles. The van der Waals surface area contributed by atoms with Gasteiger partial charge in [-0.2, -0.15) is 0 Å². The zero-order valence-electron chi connectivity index (χ0n) is 8.84. The van der Waals surface area contributed by atoms with E-state index in [4.69, 9.17) is 17.4 Å². The van der Waals surface area contributed by atoms with Crippen LogP contribution in [-0.2, 0) is 0 Å². The van der Waals surface area contributed by atoms with Crippen LogP contribution in [0.15, 0.2) is 18.2 Å². The number of hydrazine groups is 1. The highest BCUT2D eigenvalue weighted by molar-refractivity contribution is 6.31. The molecule has 0 saturated heterocycles. The number of benzene rings is 1. The molecule has 3 N–H and O–H groups in total. The Kier molecular flexibility index (Phi) is 3.93. The number of nitrogens with two attached hydrogens (primary N) is 1. The number of aryl methyl sites for hydroxylation is 1. The van der Waals surface area contributed by atoms with Gasteiger partial charge in [-0.3, -0.25) is 11.3 Å². The maximum absolute atomic E-state index is 6.15. The first-order valence-corrected chi connectivity index (χ1v) is 5.16. The van der Waals surface area contributed by atoms with Crippen LogP contribution in [0, 0.1) is 12.8 Å². The number of nitrogens with one attached hydrogen (secondary N) is 1. The molecular weight excluding hydrogens is 196 g/mol. The first-order valence-electron chi connectivity index (χ1n) is 4.78. The van der Waals surface area contributed by atoms with Crippen molar-refractivity contribution in [1.82, 2.24) is 5.43 Å². The number of hydrogen-bond acceptors (Lipinski definition) is 2. The average molecular weight is 213 g/mol. The molecule has 1 rings (SSSR count). The van der Waals surface area contributed by atoms with Crippen LogP contribution in [0.3, 0.4) is 0 Å². The van der Waals surface area contributed by atoms with Crippen molar-refractivity contribution in [3.8, 4) is 0 Å². The minimum atomic E-state index is 0.114. The third kappa shape index (κ3) is 2.47. The molecule has 3 heteroatoms. The largest absolute Gasteiger partial charge is 0.271 e. The van der Waals surface area contributed by atoms with E-state index in [1.165, 1.54) is 5.56 Å². The summed E-state index contributed by atoms with van der Waals surface area (Å²) in [6.07, 6.45) is 0. The van der Waals surface area contributed by atoms with Gasteiger partial charge in [-0.1, -0.05) is 37.6 Å². The van der Waals surface area contributed by atoms with Crippen molar-refractivity contribution in [3.05, 3.63) is 34.3 Å². The van der Waals surface area contributed by atoms with Crippen LogP contribution < -0.4 is 11.3 Å². The van der Waals surface area contributed by atoms with Crippen LogP contribution in [0.5, 0.6) is 0 Å². The Labute approximate surface area is 90.4 Å². The van der Waals surface area contributed by atoms with Crippen molar-refractivity contribution < 1.29 is 0 Å². The third-order valence-electron chi connectivity index (χ3n) is 2.34. The SMILES string of the molecule is Cc1ccc(C(NN)C(C)C)c(Cl)c1. The lowest BCUT2D eigenvalue weighted by Gasteiger charge is -2.21. The maximum atomic E-state index is 6.15. The van der Waals surface area contributed by atoms with Crippen LogP contribution in [0.4, 0.5) is 0 Å². The van der Waals surface area contributed by atoms with Gasteiger partial charge in [0.1, 0.15) is 0 Å². The summed E-state index contributed by atoms with van der Waals surface area (Å²) in [5.74, 6) is 5.92. The molecule has 1 unspecified atom stereocenters. The van der Waals surface area contributed by atoms with E-state index in [0.717, 1.165) is 10.6 Å². The number of halogens is 1. The van der Waals surface area contributed by atoms with Crippen LogP contribution in [0.25, 0.3) is 0 Å². The van der Waals surface area contributed by atoms with Gasteiger partial charge in [0, 0.05) is 11.1 Å². The second-order valence-electron chi connectivity index (χ2n) is 3.91. The Morgan fingerprint density at radius 3 is 2.43 bits per heavy atom. The molecule has 0 aliphatic rings. The average Bonchev–Trinajstić information content (AvgIpc) is 2.09. The lowest BCUT2D eigenvalue weighted by Crippen LogP contribution is -2.31. The van der Waals surface area contributed by atoms with Crippen LogP contribution in [-0.4, -0.2) is 0 Å². The highest BCUT2D eigenvalue weighted by Crippen LogP contribution is 2.28. The molecule has 0 amide bonds. The van der Waals surface area contributed by atoms with E-state index in [1.807, 2.05) is 25.1 Å². The summed E-state index contributed by atoms with van der Waals surface area (Å²) in [7, 11) is 0. The lowest BCUT2D eigenvalue weighted by atomic mass is 9.96.